The van der Waals surface area contributed by atoms with Crippen molar-refractivity contribution in [1.29, 1.82) is 0 Å². The number of piperidine rings is 1. The molecule has 2 rings (SSSR count). The Morgan fingerprint density at radius 1 is 1.36 bits per heavy atom. The molecule has 1 saturated heterocycles. The summed E-state index contributed by atoms with van der Waals surface area (Å²) in [6.07, 6.45) is 5.87. The van der Waals surface area contributed by atoms with Crippen LogP contribution in [-0.2, 0) is 4.79 Å². The number of rotatable bonds is 8. The summed E-state index contributed by atoms with van der Waals surface area (Å²) in [6, 6.07) is 4.02. The summed E-state index contributed by atoms with van der Waals surface area (Å²) in [5.41, 5.74) is 1.16. The van der Waals surface area contributed by atoms with Crippen molar-refractivity contribution in [1.82, 2.24) is 15.6 Å². The second-order valence-electron chi connectivity index (χ2n) is 6.64. The SMILES string of the molecule is Cc1ccc(NCCCNC(=O)CC(C)C2CCCNC2)nc1.Cl.Cl. The maximum atomic E-state index is 12.0. The first-order valence-corrected chi connectivity index (χ1v) is 8.79. The molecule has 2 unspecified atom stereocenters. The molecule has 144 valence electrons. The number of carbonyl (C=O) groups is 1. The van der Waals surface area contributed by atoms with Crippen molar-refractivity contribution in [3.8, 4) is 0 Å². The van der Waals surface area contributed by atoms with Gasteiger partial charge < -0.3 is 16.0 Å². The molecule has 3 N–H and O–H groups in total. The van der Waals surface area contributed by atoms with Gasteiger partial charge in [-0.2, -0.15) is 0 Å². The van der Waals surface area contributed by atoms with Gasteiger partial charge in [0.05, 0.1) is 0 Å². The molecular formula is C18H32Cl2N4O. The van der Waals surface area contributed by atoms with Crippen LogP contribution >= 0.6 is 24.8 Å². The summed E-state index contributed by atoms with van der Waals surface area (Å²) in [5, 5.41) is 9.72. The number of pyridine rings is 1. The Bertz CT molecular complexity index is 478. The van der Waals surface area contributed by atoms with Crippen molar-refractivity contribution in [3.63, 3.8) is 0 Å². The first kappa shape index (κ1) is 24.0. The third-order valence-electron chi connectivity index (χ3n) is 4.54. The molecule has 0 spiro atoms. The summed E-state index contributed by atoms with van der Waals surface area (Å²) >= 11 is 0. The lowest BCUT2D eigenvalue weighted by atomic mass is 9.85. The molecule has 1 aliphatic heterocycles. The summed E-state index contributed by atoms with van der Waals surface area (Å²) in [6.45, 7) is 7.94. The van der Waals surface area contributed by atoms with Gasteiger partial charge in [0.25, 0.3) is 0 Å². The van der Waals surface area contributed by atoms with E-state index in [1.165, 1.54) is 12.8 Å². The number of halogens is 2. The van der Waals surface area contributed by atoms with Crippen molar-refractivity contribution in [2.24, 2.45) is 11.8 Å². The van der Waals surface area contributed by atoms with Crippen molar-refractivity contribution >= 4 is 36.5 Å². The molecule has 5 nitrogen and oxygen atoms in total. The van der Waals surface area contributed by atoms with Crippen LogP contribution in [0.3, 0.4) is 0 Å². The highest BCUT2D eigenvalue weighted by Gasteiger charge is 2.21. The van der Waals surface area contributed by atoms with Gasteiger partial charge in [0, 0.05) is 25.7 Å². The standard InChI is InChI=1S/C18H30N4O.2ClH/c1-14-6-7-17(22-12-14)20-9-4-10-21-18(23)11-15(2)16-5-3-8-19-13-16;;/h6-7,12,15-16,19H,3-5,8-11,13H2,1-2H3,(H,20,22)(H,21,23);2*1H. The fourth-order valence-electron chi connectivity index (χ4n) is 3.00. The highest BCUT2D eigenvalue weighted by molar-refractivity contribution is 5.85. The van der Waals surface area contributed by atoms with Gasteiger partial charge in [-0.1, -0.05) is 13.0 Å². The number of anilines is 1. The van der Waals surface area contributed by atoms with Gasteiger partial charge >= 0.3 is 0 Å². The van der Waals surface area contributed by atoms with E-state index in [0.717, 1.165) is 37.4 Å². The number of amides is 1. The minimum atomic E-state index is 0. The van der Waals surface area contributed by atoms with Crippen LogP contribution in [0.1, 0.15) is 38.2 Å². The van der Waals surface area contributed by atoms with Crippen molar-refractivity contribution in [2.75, 3.05) is 31.5 Å². The molecule has 1 aliphatic rings. The molecule has 7 heteroatoms. The van der Waals surface area contributed by atoms with E-state index in [4.69, 9.17) is 0 Å². The molecule has 2 heterocycles. The van der Waals surface area contributed by atoms with Crippen LogP contribution < -0.4 is 16.0 Å². The highest BCUT2D eigenvalue weighted by atomic mass is 35.5. The molecule has 2 atom stereocenters. The Morgan fingerprint density at radius 2 is 2.16 bits per heavy atom. The number of carbonyl (C=O) groups excluding carboxylic acids is 1. The van der Waals surface area contributed by atoms with E-state index in [2.05, 4.69) is 27.9 Å². The fourth-order valence-corrected chi connectivity index (χ4v) is 3.00. The molecule has 0 aliphatic carbocycles. The quantitative estimate of drug-likeness (QED) is 0.596. The van der Waals surface area contributed by atoms with E-state index in [1.54, 1.807) is 0 Å². The van der Waals surface area contributed by atoms with Crippen molar-refractivity contribution in [2.45, 2.75) is 39.5 Å². The molecule has 0 bridgehead atoms. The van der Waals surface area contributed by atoms with Crippen molar-refractivity contribution < 1.29 is 4.79 Å². The molecule has 25 heavy (non-hydrogen) atoms. The molecule has 1 fully saturated rings. The van der Waals surface area contributed by atoms with Crippen LogP contribution in [0.5, 0.6) is 0 Å². The predicted molar refractivity (Wildman–Crippen MR) is 109 cm³/mol. The Morgan fingerprint density at radius 3 is 2.80 bits per heavy atom. The van der Waals surface area contributed by atoms with E-state index in [1.807, 2.05) is 25.3 Å². The van der Waals surface area contributed by atoms with Gasteiger partial charge in [-0.25, -0.2) is 4.98 Å². The lowest BCUT2D eigenvalue weighted by molar-refractivity contribution is -0.122. The maximum absolute atomic E-state index is 12.0. The average molecular weight is 391 g/mol. The minimum Gasteiger partial charge on any atom is -0.370 e. The van der Waals surface area contributed by atoms with Gasteiger partial charge in [0.15, 0.2) is 0 Å². The van der Waals surface area contributed by atoms with Crippen LogP contribution in [0.2, 0.25) is 0 Å². The largest absolute Gasteiger partial charge is 0.370 e. The Hall–Kier alpha value is -1.04. The zero-order valence-electron chi connectivity index (χ0n) is 15.2. The van der Waals surface area contributed by atoms with E-state index in [9.17, 15) is 4.79 Å². The molecule has 0 aromatic carbocycles. The summed E-state index contributed by atoms with van der Waals surface area (Å²) in [5.74, 6) is 2.17. The summed E-state index contributed by atoms with van der Waals surface area (Å²) in [7, 11) is 0. The fraction of sp³-hybridized carbons (Fsp3) is 0.667. The molecule has 1 amide bonds. The number of nitrogens with one attached hydrogen (secondary N) is 3. The lowest BCUT2D eigenvalue weighted by Gasteiger charge is -2.28. The van der Waals surface area contributed by atoms with Crippen LogP contribution in [0, 0.1) is 18.8 Å². The number of aromatic nitrogens is 1. The smallest absolute Gasteiger partial charge is 0.220 e. The monoisotopic (exact) mass is 390 g/mol. The van der Waals surface area contributed by atoms with Gasteiger partial charge in [-0.05, 0) is 62.7 Å². The number of aryl methyl sites for hydroxylation is 1. The normalized spacial score (nSPS) is 17.6. The predicted octanol–water partition coefficient (Wildman–Crippen LogP) is 3.18. The molecule has 0 saturated carbocycles. The third-order valence-corrected chi connectivity index (χ3v) is 4.54. The van der Waals surface area contributed by atoms with E-state index in [0.29, 0.717) is 24.8 Å². The number of nitrogens with zero attached hydrogens (tertiary/aromatic N) is 1. The Labute approximate surface area is 164 Å². The zero-order valence-corrected chi connectivity index (χ0v) is 16.8. The maximum Gasteiger partial charge on any atom is 0.220 e. The Kier molecular flexibility index (Phi) is 12.7. The second kappa shape index (κ2) is 13.2. The number of hydrogen-bond acceptors (Lipinski definition) is 4. The third kappa shape index (κ3) is 9.28. The van der Waals surface area contributed by atoms with Crippen LogP contribution in [0.25, 0.3) is 0 Å². The van der Waals surface area contributed by atoms with E-state index < -0.39 is 0 Å². The van der Waals surface area contributed by atoms with E-state index >= 15 is 0 Å². The molecule has 0 radical (unpaired) electrons. The summed E-state index contributed by atoms with van der Waals surface area (Å²) in [4.78, 5) is 16.3. The molecule has 1 aromatic heterocycles. The first-order valence-electron chi connectivity index (χ1n) is 8.79. The van der Waals surface area contributed by atoms with Crippen molar-refractivity contribution in [3.05, 3.63) is 23.9 Å². The highest BCUT2D eigenvalue weighted by Crippen LogP contribution is 2.22. The van der Waals surface area contributed by atoms with Gasteiger partial charge in [0.2, 0.25) is 5.91 Å². The van der Waals surface area contributed by atoms with Gasteiger partial charge in [0.1, 0.15) is 5.82 Å². The van der Waals surface area contributed by atoms with Gasteiger partial charge in [-0.15, -0.1) is 24.8 Å². The first-order chi connectivity index (χ1) is 11.1. The average Bonchev–Trinajstić information content (AvgIpc) is 2.57. The van der Waals surface area contributed by atoms with Crippen LogP contribution in [0.4, 0.5) is 5.82 Å². The zero-order chi connectivity index (χ0) is 16.5. The topological polar surface area (TPSA) is 66.0 Å². The second-order valence-corrected chi connectivity index (χ2v) is 6.64. The summed E-state index contributed by atoms with van der Waals surface area (Å²) < 4.78 is 0. The van der Waals surface area contributed by atoms with E-state index in [-0.39, 0.29) is 30.7 Å². The van der Waals surface area contributed by atoms with Crippen LogP contribution in [-0.4, -0.2) is 37.1 Å². The van der Waals surface area contributed by atoms with Gasteiger partial charge in [-0.3, -0.25) is 4.79 Å². The minimum absolute atomic E-state index is 0. The molecule has 1 aromatic rings. The number of hydrogen-bond donors (Lipinski definition) is 3. The Balaban J connectivity index is 0.00000288. The van der Waals surface area contributed by atoms with Crippen LogP contribution in [0.15, 0.2) is 18.3 Å². The lowest BCUT2D eigenvalue weighted by Crippen LogP contribution is -2.35. The molecular weight excluding hydrogens is 359 g/mol.